The summed E-state index contributed by atoms with van der Waals surface area (Å²) in [7, 11) is 0. The van der Waals surface area contributed by atoms with Gasteiger partial charge < -0.3 is 10.4 Å². The highest BCUT2D eigenvalue weighted by molar-refractivity contribution is 7.10. The number of thiophene rings is 1. The molecule has 0 saturated carbocycles. The fourth-order valence-electron chi connectivity index (χ4n) is 1.38. The van der Waals surface area contributed by atoms with E-state index in [0.717, 1.165) is 4.88 Å². The van der Waals surface area contributed by atoms with Crippen molar-refractivity contribution in [2.24, 2.45) is 0 Å². The van der Waals surface area contributed by atoms with Crippen molar-refractivity contribution in [1.29, 1.82) is 0 Å². The predicted molar refractivity (Wildman–Crippen MR) is 70.0 cm³/mol. The van der Waals surface area contributed by atoms with Gasteiger partial charge in [-0.2, -0.15) is 0 Å². The topological polar surface area (TPSA) is 49.3 Å². The van der Waals surface area contributed by atoms with E-state index in [4.69, 9.17) is 16.7 Å². The van der Waals surface area contributed by atoms with Crippen molar-refractivity contribution in [1.82, 2.24) is 0 Å². The maximum atomic E-state index is 13.2. The van der Waals surface area contributed by atoms with Crippen molar-refractivity contribution in [2.45, 2.75) is 6.54 Å². The molecule has 1 aromatic heterocycles. The van der Waals surface area contributed by atoms with Gasteiger partial charge in [-0.25, -0.2) is 9.18 Å². The molecule has 0 unspecified atom stereocenters. The summed E-state index contributed by atoms with van der Waals surface area (Å²) in [6.45, 7) is 0.443. The van der Waals surface area contributed by atoms with Gasteiger partial charge in [-0.3, -0.25) is 0 Å². The first-order valence-corrected chi connectivity index (χ1v) is 6.31. The Morgan fingerprint density at radius 2 is 2.22 bits per heavy atom. The molecule has 2 rings (SSSR count). The summed E-state index contributed by atoms with van der Waals surface area (Å²) in [5.74, 6) is -1.44. The van der Waals surface area contributed by atoms with Crippen LogP contribution in [0.15, 0.2) is 29.6 Å². The van der Waals surface area contributed by atoms with E-state index in [1.165, 1.54) is 23.5 Å². The van der Waals surface area contributed by atoms with Gasteiger partial charge in [0.15, 0.2) is 0 Å². The number of carbonyl (C=O) groups is 1. The molecular formula is C12H9ClFNO2S. The second kappa shape index (κ2) is 5.37. The van der Waals surface area contributed by atoms with E-state index in [0.29, 0.717) is 12.2 Å². The van der Waals surface area contributed by atoms with Gasteiger partial charge in [-0.15, -0.1) is 11.3 Å². The van der Waals surface area contributed by atoms with E-state index in [1.807, 2.05) is 0 Å². The summed E-state index contributed by atoms with van der Waals surface area (Å²) in [5.41, 5.74) is 0.862. The SMILES string of the molecule is O=C(O)c1csc(CNc2ccc(Cl)c(F)c2)c1. The van der Waals surface area contributed by atoms with Gasteiger partial charge in [-0.05, 0) is 24.3 Å². The number of hydrogen-bond donors (Lipinski definition) is 2. The van der Waals surface area contributed by atoms with Crippen molar-refractivity contribution in [3.63, 3.8) is 0 Å². The van der Waals surface area contributed by atoms with Crippen LogP contribution in [0.2, 0.25) is 5.02 Å². The molecular weight excluding hydrogens is 277 g/mol. The van der Waals surface area contributed by atoms with Crippen LogP contribution < -0.4 is 5.32 Å². The smallest absolute Gasteiger partial charge is 0.336 e. The summed E-state index contributed by atoms with van der Waals surface area (Å²) in [5, 5.41) is 13.4. The molecule has 3 nitrogen and oxygen atoms in total. The number of carboxylic acid groups (broad SMARTS) is 1. The Morgan fingerprint density at radius 3 is 2.83 bits per heavy atom. The van der Waals surface area contributed by atoms with Crippen molar-refractivity contribution < 1.29 is 14.3 Å². The molecule has 1 heterocycles. The first-order valence-electron chi connectivity index (χ1n) is 5.06. The Kier molecular flexibility index (Phi) is 3.84. The standard InChI is InChI=1S/C12H9ClFNO2S/c13-10-2-1-8(4-11(10)14)15-5-9-3-7(6-18-9)12(16)17/h1-4,6,15H,5H2,(H,16,17). The van der Waals surface area contributed by atoms with Gasteiger partial charge in [-0.1, -0.05) is 11.6 Å². The lowest BCUT2D eigenvalue weighted by Gasteiger charge is -2.05. The fraction of sp³-hybridized carbons (Fsp3) is 0.0833. The highest BCUT2D eigenvalue weighted by Gasteiger charge is 2.06. The summed E-state index contributed by atoms with van der Waals surface area (Å²) in [4.78, 5) is 11.6. The zero-order valence-electron chi connectivity index (χ0n) is 9.11. The van der Waals surface area contributed by atoms with Gasteiger partial charge in [0.2, 0.25) is 0 Å². The number of rotatable bonds is 4. The predicted octanol–water partition coefficient (Wildman–Crippen LogP) is 3.85. The first-order chi connectivity index (χ1) is 8.56. The molecule has 2 N–H and O–H groups in total. The zero-order valence-corrected chi connectivity index (χ0v) is 10.7. The van der Waals surface area contributed by atoms with Crippen LogP contribution in [0.1, 0.15) is 15.2 Å². The number of anilines is 1. The third kappa shape index (κ3) is 3.00. The van der Waals surface area contributed by atoms with Crippen LogP contribution in [-0.4, -0.2) is 11.1 Å². The molecule has 0 fully saturated rings. The normalized spacial score (nSPS) is 10.3. The first kappa shape index (κ1) is 12.9. The quantitative estimate of drug-likeness (QED) is 0.897. The number of hydrogen-bond acceptors (Lipinski definition) is 3. The van der Waals surface area contributed by atoms with Gasteiger partial charge in [0.25, 0.3) is 0 Å². The fourth-order valence-corrected chi connectivity index (χ4v) is 2.30. The molecule has 0 atom stereocenters. The Balaban J connectivity index is 2.02. The minimum atomic E-state index is -0.949. The van der Waals surface area contributed by atoms with Crippen LogP contribution in [0, 0.1) is 5.82 Å². The highest BCUT2D eigenvalue weighted by Crippen LogP contribution is 2.20. The molecule has 94 valence electrons. The van der Waals surface area contributed by atoms with Gasteiger partial charge in [0, 0.05) is 22.5 Å². The maximum Gasteiger partial charge on any atom is 0.336 e. The molecule has 2 aromatic rings. The van der Waals surface area contributed by atoms with E-state index in [1.54, 1.807) is 17.5 Å². The Morgan fingerprint density at radius 1 is 1.44 bits per heavy atom. The lowest BCUT2D eigenvalue weighted by atomic mass is 10.3. The molecule has 0 aliphatic heterocycles. The minimum absolute atomic E-state index is 0.0739. The Hall–Kier alpha value is -1.59. The zero-order chi connectivity index (χ0) is 13.1. The summed E-state index contributed by atoms with van der Waals surface area (Å²) < 4.78 is 13.2. The molecule has 0 spiro atoms. The third-order valence-corrected chi connectivity index (χ3v) is 3.53. The highest BCUT2D eigenvalue weighted by atomic mass is 35.5. The molecule has 0 bridgehead atoms. The number of carboxylic acids is 1. The molecule has 1 aromatic carbocycles. The molecule has 18 heavy (non-hydrogen) atoms. The van der Waals surface area contributed by atoms with Gasteiger partial charge in [0.1, 0.15) is 5.82 Å². The average molecular weight is 286 g/mol. The molecule has 0 aliphatic rings. The monoisotopic (exact) mass is 285 g/mol. The number of benzene rings is 1. The van der Waals surface area contributed by atoms with E-state index in [9.17, 15) is 9.18 Å². The van der Waals surface area contributed by atoms with Crippen LogP contribution in [0.3, 0.4) is 0 Å². The largest absolute Gasteiger partial charge is 0.478 e. The van der Waals surface area contributed by atoms with Crippen molar-refractivity contribution in [2.75, 3.05) is 5.32 Å². The third-order valence-electron chi connectivity index (χ3n) is 2.29. The lowest BCUT2D eigenvalue weighted by molar-refractivity contribution is 0.0697. The summed E-state index contributed by atoms with van der Waals surface area (Å²) in [6, 6.07) is 6.02. The Bertz CT molecular complexity index is 585. The average Bonchev–Trinajstić information content (AvgIpc) is 2.79. The molecule has 0 radical (unpaired) electrons. The van der Waals surface area contributed by atoms with E-state index < -0.39 is 11.8 Å². The number of halogens is 2. The summed E-state index contributed by atoms with van der Waals surface area (Å²) >= 11 is 6.91. The maximum absolute atomic E-state index is 13.2. The van der Waals surface area contributed by atoms with Crippen molar-refractivity contribution in [3.05, 3.63) is 50.9 Å². The summed E-state index contributed by atoms with van der Waals surface area (Å²) in [6.07, 6.45) is 0. The molecule has 6 heteroatoms. The van der Waals surface area contributed by atoms with Crippen LogP contribution in [0.5, 0.6) is 0 Å². The molecule has 0 aliphatic carbocycles. The number of nitrogens with one attached hydrogen (secondary N) is 1. The molecule has 0 amide bonds. The Labute approximate surface area is 112 Å². The van der Waals surface area contributed by atoms with Crippen LogP contribution >= 0.6 is 22.9 Å². The van der Waals surface area contributed by atoms with Crippen molar-refractivity contribution >= 4 is 34.6 Å². The van der Waals surface area contributed by atoms with E-state index >= 15 is 0 Å². The van der Waals surface area contributed by atoms with Crippen LogP contribution in [0.25, 0.3) is 0 Å². The second-order valence-corrected chi connectivity index (χ2v) is 4.99. The lowest BCUT2D eigenvalue weighted by Crippen LogP contribution is -1.98. The van der Waals surface area contributed by atoms with Crippen LogP contribution in [-0.2, 0) is 6.54 Å². The van der Waals surface area contributed by atoms with Crippen molar-refractivity contribution in [3.8, 4) is 0 Å². The van der Waals surface area contributed by atoms with E-state index in [-0.39, 0.29) is 10.6 Å². The molecule has 0 saturated heterocycles. The van der Waals surface area contributed by atoms with E-state index in [2.05, 4.69) is 5.32 Å². The van der Waals surface area contributed by atoms with Crippen LogP contribution in [0.4, 0.5) is 10.1 Å². The minimum Gasteiger partial charge on any atom is -0.478 e. The number of aromatic carboxylic acids is 1. The van der Waals surface area contributed by atoms with Gasteiger partial charge in [0.05, 0.1) is 10.6 Å². The van der Waals surface area contributed by atoms with Gasteiger partial charge >= 0.3 is 5.97 Å². The second-order valence-electron chi connectivity index (χ2n) is 3.59.